The minimum atomic E-state index is 0. The third-order valence-corrected chi connectivity index (χ3v) is 1.16. The molecule has 0 spiro atoms. The Hall–Kier alpha value is -0.990. The van der Waals surface area contributed by atoms with E-state index in [0.29, 0.717) is 0 Å². The number of hydrogen-bond donors (Lipinski definition) is 2. The number of nitrogens with two attached hydrogens (primary N) is 1. The third-order valence-electron chi connectivity index (χ3n) is 1.16. The molecule has 0 saturated heterocycles. The molecule has 0 saturated carbocycles. The summed E-state index contributed by atoms with van der Waals surface area (Å²) in [6.45, 7) is 1.60. The summed E-state index contributed by atoms with van der Waals surface area (Å²) < 4.78 is 0. The molecule has 3 heteroatoms. The van der Waals surface area contributed by atoms with Crippen LogP contribution in [0.25, 0.3) is 0 Å². The first kappa shape index (κ1) is 8.01. The zero-order valence-corrected chi connectivity index (χ0v) is 4.59. The summed E-state index contributed by atoms with van der Waals surface area (Å²) in [5.74, 6) is 0.162. The van der Waals surface area contributed by atoms with E-state index >= 15 is 0 Å². The average Bonchev–Trinajstić information content (AvgIpc) is 2.12. The fourth-order valence-electron chi connectivity index (χ4n) is 0.675. The highest BCUT2D eigenvalue weighted by Crippen LogP contribution is 1.95. The van der Waals surface area contributed by atoms with Gasteiger partial charge < -0.3 is 10.6 Å². The molecule has 0 aromatic heterocycles. The summed E-state index contributed by atoms with van der Waals surface area (Å²) in [4.78, 5) is 1.78. The Labute approximate surface area is 55.7 Å². The quantitative estimate of drug-likeness (QED) is 0.281. The van der Waals surface area contributed by atoms with Crippen molar-refractivity contribution in [1.82, 2.24) is 4.90 Å². The summed E-state index contributed by atoms with van der Waals surface area (Å²) in [6, 6.07) is 0. The van der Waals surface area contributed by atoms with Gasteiger partial charge in [-0.1, -0.05) is 19.6 Å². The molecule has 0 radical (unpaired) electrons. The molecule has 1 aliphatic heterocycles. The minimum Gasteiger partial charge on any atom is -0.370 e. The fraction of sp³-hybridized carbons (Fsp3) is 0.500. The summed E-state index contributed by atoms with van der Waals surface area (Å²) >= 11 is 0. The lowest BCUT2D eigenvalue weighted by molar-refractivity contribution is 0.530. The zero-order chi connectivity index (χ0) is 5.98. The summed E-state index contributed by atoms with van der Waals surface area (Å²) in [6.07, 6.45) is 4.00. The van der Waals surface area contributed by atoms with Crippen LogP contribution in [-0.4, -0.2) is 23.9 Å². The smallest absolute Gasteiger partial charge is 0.188 e. The second-order valence-electron chi connectivity index (χ2n) is 1.76. The maximum atomic E-state index is 6.96. The van der Waals surface area contributed by atoms with Crippen LogP contribution in [0.2, 0.25) is 0 Å². The van der Waals surface area contributed by atoms with E-state index in [2.05, 4.69) is 0 Å². The van der Waals surface area contributed by atoms with E-state index in [4.69, 9.17) is 11.1 Å². The van der Waals surface area contributed by atoms with Crippen LogP contribution in [0.3, 0.4) is 0 Å². The van der Waals surface area contributed by atoms with Crippen LogP contribution in [0.15, 0.2) is 12.2 Å². The fourth-order valence-corrected chi connectivity index (χ4v) is 0.675. The Morgan fingerprint density at radius 3 is 2.11 bits per heavy atom. The Morgan fingerprint density at radius 2 is 1.89 bits per heavy atom. The van der Waals surface area contributed by atoms with Crippen molar-refractivity contribution < 1.29 is 0 Å². The number of hydrogen-bond acceptors (Lipinski definition) is 1. The average molecular weight is 127 g/mol. The van der Waals surface area contributed by atoms with E-state index in [-0.39, 0.29) is 13.4 Å². The van der Waals surface area contributed by atoms with Gasteiger partial charge in [0.15, 0.2) is 5.96 Å². The second kappa shape index (κ2) is 3.12. The van der Waals surface area contributed by atoms with Gasteiger partial charge in [-0.3, -0.25) is 5.41 Å². The topological polar surface area (TPSA) is 53.1 Å². The molecule has 0 unspecified atom stereocenters. The van der Waals surface area contributed by atoms with Crippen molar-refractivity contribution in [2.45, 2.75) is 7.43 Å². The Morgan fingerprint density at radius 1 is 1.44 bits per heavy atom. The molecule has 3 nitrogen and oxygen atoms in total. The molecule has 0 fully saturated rings. The van der Waals surface area contributed by atoms with Crippen molar-refractivity contribution in [2.75, 3.05) is 13.1 Å². The third kappa shape index (κ3) is 1.76. The highest BCUT2D eigenvalue weighted by atomic mass is 15.2. The van der Waals surface area contributed by atoms with Gasteiger partial charge in [0.25, 0.3) is 0 Å². The summed E-state index contributed by atoms with van der Waals surface area (Å²) in [5, 5.41) is 6.96. The lowest BCUT2D eigenvalue weighted by Gasteiger charge is -2.12. The molecular formula is C6H13N3. The van der Waals surface area contributed by atoms with Crippen molar-refractivity contribution in [3.8, 4) is 0 Å². The van der Waals surface area contributed by atoms with Gasteiger partial charge in [0.2, 0.25) is 0 Å². The highest BCUT2D eigenvalue weighted by molar-refractivity contribution is 5.75. The monoisotopic (exact) mass is 127 g/mol. The largest absolute Gasteiger partial charge is 0.370 e. The summed E-state index contributed by atoms with van der Waals surface area (Å²) in [5.41, 5.74) is 5.17. The van der Waals surface area contributed by atoms with E-state index in [1.165, 1.54) is 0 Å². The normalized spacial score (nSPS) is 15.3. The molecule has 1 aliphatic rings. The van der Waals surface area contributed by atoms with E-state index in [0.717, 1.165) is 13.1 Å². The molecule has 9 heavy (non-hydrogen) atoms. The van der Waals surface area contributed by atoms with Gasteiger partial charge in [-0.2, -0.15) is 0 Å². The van der Waals surface area contributed by atoms with Crippen LogP contribution < -0.4 is 5.73 Å². The standard InChI is InChI=1S/C5H9N3.CH4/c6-5(7)8-3-1-2-4-8;/h1-2H,3-4H2,(H3,6,7);1H4. The highest BCUT2D eigenvalue weighted by Gasteiger charge is 2.04. The Kier molecular flexibility index (Phi) is 2.78. The van der Waals surface area contributed by atoms with Crippen LogP contribution in [0.1, 0.15) is 7.43 Å². The Bertz CT molecular complexity index is 120. The Balaban J connectivity index is 0.000000640. The molecule has 0 aliphatic carbocycles. The molecule has 1 heterocycles. The second-order valence-corrected chi connectivity index (χ2v) is 1.76. The van der Waals surface area contributed by atoms with Gasteiger partial charge >= 0.3 is 0 Å². The molecule has 52 valence electrons. The lowest BCUT2D eigenvalue weighted by atomic mass is 10.6. The van der Waals surface area contributed by atoms with Crippen molar-refractivity contribution in [3.05, 3.63) is 12.2 Å². The van der Waals surface area contributed by atoms with Gasteiger partial charge in [-0.25, -0.2) is 0 Å². The first-order valence-corrected chi connectivity index (χ1v) is 2.54. The maximum Gasteiger partial charge on any atom is 0.188 e. The van der Waals surface area contributed by atoms with Crippen molar-refractivity contribution in [2.24, 2.45) is 5.73 Å². The molecule has 3 N–H and O–H groups in total. The van der Waals surface area contributed by atoms with E-state index in [1.807, 2.05) is 12.2 Å². The van der Waals surface area contributed by atoms with E-state index in [1.54, 1.807) is 4.90 Å². The maximum absolute atomic E-state index is 6.96. The molecule has 0 aromatic carbocycles. The zero-order valence-electron chi connectivity index (χ0n) is 4.59. The van der Waals surface area contributed by atoms with Gasteiger partial charge in [-0.05, 0) is 0 Å². The summed E-state index contributed by atoms with van der Waals surface area (Å²) in [7, 11) is 0. The SMILES string of the molecule is C.N=C(N)N1CC=CC1. The lowest BCUT2D eigenvalue weighted by Crippen LogP contribution is -2.33. The van der Waals surface area contributed by atoms with E-state index < -0.39 is 0 Å². The van der Waals surface area contributed by atoms with Crippen molar-refractivity contribution in [3.63, 3.8) is 0 Å². The molecule has 0 bridgehead atoms. The minimum absolute atomic E-state index is 0. The first-order chi connectivity index (χ1) is 3.80. The molecule has 0 atom stereocenters. The molecule has 0 aromatic rings. The van der Waals surface area contributed by atoms with Crippen LogP contribution in [-0.2, 0) is 0 Å². The van der Waals surface area contributed by atoms with Gasteiger partial charge in [0.05, 0.1) is 0 Å². The van der Waals surface area contributed by atoms with Crippen LogP contribution in [0.4, 0.5) is 0 Å². The van der Waals surface area contributed by atoms with Crippen LogP contribution in [0.5, 0.6) is 0 Å². The van der Waals surface area contributed by atoms with Crippen molar-refractivity contribution >= 4 is 5.96 Å². The number of nitrogens with one attached hydrogen (secondary N) is 1. The molecular weight excluding hydrogens is 114 g/mol. The van der Waals surface area contributed by atoms with Crippen molar-refractivity contribution in [1.29, 1.82) is 5.41 Å². The van der Waals surface area contributed by atoms with Gasteiger partial charge in [0.1, 0.15) is 0 Å². The number of guanidine groups is 1. The van der Waals surface area contributed by atoms with Gasteiger partial charge in [0, 0.05) is 13.1 Å². The van der Waals surface area contributed by atoms with Gasteiger partial charge in [-0.15, -0.1) is 0 Å². The molecule has 1 rings (SSSR count). The van der Waals surface area contributed by atoms with Crippen LogP contribution >= 0.6 is 0 Å². The predicted molar refractivity (Wildman–Crippen MR) is 39.4 cm³/mol. The van der Waals surface area contributed by atoms with E-state index in [9.17, 15) is 0 Å². The van der Waals surface area contributed by atoms with Crippen LogP contribution in [0, 0.1) is 5.41 Å². The first-order valence-electron chi connectivity index (χ1n) is 2.54. The number of rotatable bonds is 0. The molecule has 0 amide bonds. The predicted octanol–water partition coefficient (Wildman–Crippen LogP) is 0.388. The number of nitrogens with zero attached hydrogens (tertiary/aromatic N) is 1.